The van der Waals surface area contributed by atoms with E-state index in [4.69, 9.17) is 5.73 Å². The van der Waals surface area contributed by atoms with Crippen LogP contribution in [0.5, 0.6) is 0 Å². The molecule has 0 heterocycles. The Balaban J connectivity index is 3.45. The Hall–Kier alpha value is 0.270. The molecule has 0 aliphatic rings. The fourth-order valence-corrected chi connectivity index (χ4v) is 1.71. The van der Waals surface area contributed by atoms with Crippen LogP contribution in [0.4, 0.5) is 0 Å². The predicted molar refractivity (Wildman–Crippen MR) is 56.5 cm³/mol. The average Bonchev–Trinajstić information content (AvgIpc) is 2.12. The zero-order valence-electron chi connectivity index (χ0n) is 8.18. The van der Waals surface area contributed by atoms with Crippen LogP contribution in [-0.4, -0.2) is 28.8 Å². The van der Waals surface area contributed by atoms with Crippen molar-refractivity contribution < 1.29 is 5.11 Å². The van der Waals surface area contributed by atoms with Crippen LogP contribution in [0.3, 0.4) is 0 Å². The van der Waals surface area contributed by atoms with Crippen molar-refractivity contribution in [2.45, 2.75) is 38.7 Å². The van der Waals surface area contributed by atoms with Gasteiger partial charge >= 0.3 is 0 Å². The molecule has 74 valence electrons. The highest BCUT2D eigenvalue weighted by atomic mass is 32.2. The minimum Gasteiger partial charge on any atom is -0.389 e. The largest absolute Gasteiger partial charge is 0.389 e. The number of rotatable bonds is 7. The van der Waals surface area contributed by atoms with Crippen molar-refractivity contribution in [3.63, 3.8) is 0 Å². The molecule has 1 atom stereocenters. The van der Waals surface area contributed by atoms with Crippen LogP contribution in [0.1, 0.15) is 33.1 Å². The lowest BCUT2D eigenvalue weighted by molar-refractivity contribution is 0.0360. The van der Waals surface area contributed by atoms with Crippen LogP contribution in [-0.2, 0) is 0 Å². The van der Waals surface area contributed by atoms with E-state index < -0.39 is 5.60 Å². The second-order valence-corrected chi connectivity index (χ2v) is 4.48. The van der Waals surface area contributed by atoms with Gasteiger partial charge in [-0.15, -0.1) is 0 Å². The second-order valence-electron chi connectivity index (χ2n) is 3.08. The molecule has 3 N–H and O–H groups in total. The molecule has 0 spiro atoms. The Morgan fingerprint density at radius 3 is 2.50 bits per heavy atom. The van der Waals surface area contributed by atoms with Crippen molar-refractivity contribution >= 4 is 11.8 Å². The Kier molecular flexibility index (Phi) is 6.90. The molecule has 0 aromatic rings. The molecule has 0 rings (SSSR count). The summed E-state index contributed by atoms with van der Waals surface area (Å²) in [7, 11) is 0. The van der Waals surface area contributed by atoms with Crippen molar-refractivity contribution in [1.82, 2.24) is 0 Å². The highest BCUT2D eigenvalue weighted by molar-refractivity contribution is 7.99. The molecule has 0 aromatic heterocycles. The Labute approximate surface area is 79.9 Å². The first kappa shape index (κ1) is 12.3. The van der Waals surface area contributed by atoms with Gasteiger partial charge in [0.1, 0.15) is 0 Å². The van der Waals surface area contributed by atoms with Gasteiger partial charge in [-0.2, -0.15) is 11.8 Å². The molecule has 3 heteroatoms. The van der Waals surface area contributed by atoms with Crippen LogP contribution in [0.25, 0.3) is 0 Å². The second kappa shape index (κ2) is 6.75. The number of aliphatic hydroxyl groups is 1. The molecule has 0 bridgehead atoms. The van der Waals surface area contributed by atoms with Crippen LogP contribution in [0, 0.1) is 0 Å². The van der Waals surface area contributed by atoms with Gasteiger partial charge in [0.15, 0.2) is 0 Å². The van der Waals surface area contributed by atoms with Gasteiger partial charge in [0.25, 0.3) is 0 Å². The Morgan fingerprint density at radius 2 is 2.08 bits per heavy atom. The molecule has 0 saturated carbocycles. The maximum absolute atomic E-state index is 9.79. The van der Waals surface area contributed by atoms with E-state index in [1.807, 2.05) is 18.7 Å². The SMILES string of the molecule is CCSCCCC(O)(CC)CN. The first-order valence-corrected chi connectivity index (χ1v) is 5.84. The molecule has 0 saturated heterocycles. The zero-order valence-corrected chi connectivity index (χ0v) is 8.99. The quantitative estimate of drug-likeness (QED) is 0.601. The molecular formula is C9H21NOS. The summed E-state index contributed by atoms with van der Waals surface area (Å²) >= 11 is 1.92. The van der Waals surface area contributed by atoms with E-state index in [1.165, 1.54) is 0 Å². The third kappa shape index (κ3) is 5.01. The van der Waals surface area contributed by atoms with E-state index in [0.717, 1.165) is 30.8 Å². The monoisotopic (exact) mass is 191 g/mol. The van der Waals surface area contributed by atoms with E-state index in [1.54, 1.807) is 0 Å². The molecule has 0 aliphatic carbocycles. The van der Waals surface area contributed by atoms with E-state index in [-0.39, 0.29) is 0 Å². The van der Waals surface area contributed by atoms with Crippen LogP contribution in [0.15, 0.2) is 0 Å². The fraction of sp³-hybridized carbons (Fsp3) is 1.00. The highest BCUT2D eigenvalue weighted by Crippen LogP contribution is 2.17. The maximum atomic E-state index is 9.79. The van der Waals surface area contributed by atoms with E-state index in [0.29, 0.717) is 6.54 Å². The molecule has 12 heavy (non-hydrogen) atoms. The smallest absolute Gasteiger partial charge is 0.0767 e. The number of hydrogen-bond acceptors (Lipinski definition) is 3. The Morgan fingerprint density at radius 1 is 1.42 bits per heavy atom. The minimum atomic E-state index is -0.603. The molecule has 1 unspecified atom stereocenters. The van der Waals surface area contributed by atoms with Gasteiger partial charge in [-0.3, -0.25) is 0 Å². The molecule has 0 aromatic carbocycles. The third-order valence-corrected chi connectivity index (χ3v) is 3.16. The lowest BCUT2D eigenvalue weighted by Crippen LogP contribution is -2.36. The van der Waals surface area contributed by atoms with Crippen molar-refractivity contribution in [3.05, 3.63) is 0 Å². The Bertz CT molecular complexity index is 105. The van der Waals surface area contributed by atoms with Crippen molar-refractivity contribution in [2.75, 3.05) is 18.1 Å². The predicted octanol–water partition coefficient (Wildman–Crippen LogP) is 1.62. The van der Waals surface area contributed by atoms with E-state index >= 15 is 0 Å². The van der Waals surface area contributed by atoms with Gasteiger partial charge in [0, 0.05) is 6.54 Å². The highest BCUT2D eigenvalue weighted by Gasteiger charge is 2.21. The molecule has 2 nitrogen and oxygen atoms in total. The maximum Gasteiger partial charge on any atom is 0.0767 e. The van der Waals surface area contributed by atoms with Gasteiger partial charge in [0.05, 0.1) is 5.60 Å². The molecule has 0 amide bonds. The number of hydrogen-bond donors (Lipinski definition) is 2. The molecule has 0 radical (unpaired) electrons. The third-order valence-electron chi connectivity index (χ3n) is 2.17. The zero-order chi connectivity index (χ0) is 9.45. The lowest BCUT2D eigenvalue weighted by atomic mass is 9.95. The average molecular weight is 191 g/mol. The molecule has 0 aliphatic heterocycles. The normalized spacial score (nSPS) is 16.0. The molecular weight excluding hydrogens is 170 g/mol. The lowest BCUT2D eigenvalue weighted by Gasteiger charge is -2.24. The van der Waals surface area contributed by atoms with Gasteiger partial charge in [0.2, 0.25) is 0 Å². The minimum absolute atomic E-state index is 0.389. The number of thioether (sulfide) groups is 1. The molecule has 0 fully saturated rings. The van der Waals surface area contributed by atoms with Gasteiger partial charge in [-0.05, 0) is 30.8 Å². The van der Waals surface area contributed by atoms with Crippen molar-refractivity contribution in [3.8, 4) is 0 Å². The van der Waals surface area contributed by atoms with Crippen molar-refractivity contribution in [1.29, 1.82) is 0 Å². The standard InChI is InChI=1S/C9H21NOS/c1-3-9(11,8-10)6-5-7-12-4-2/h11H,3-8,10H2,1-2H3. The van der Waals surface area contributed by atoms with Gasteiger partial charge in [-0.1, -0.05) is 13.8 Å². The van der Waals surface area contributed by atoms with Crippen molar-refractivity contribution in [2.24, 2.45) is 5.73 Å². The number of nitrogens with two attached hydrogens (primary N) is 1. The topological polar surface area (TPSA) is 46.2 Å². The summed E-state index contributed by atoms with van der Waals surface area (Å²) in [5, 5.41) is 9.79. The first-order valence-electron chi connectivity index (χ1n) is 4.68. The van der Waals surface area contributed by atoms with Gasteiger partial charge in [-0.25, -0.2) is 0 Å². The summed E-state index contributed by atoms with van der Waals surface area (Å²) in [6, 6.07) is 0. The van der Waals surface area contributed by atoms with Crippen LogP contribution in [0.2, 0.25) is 0 Å². The van der Waals surface area contributed by atoms with Crippen LogP contribution >= 0.6 is 11.8 Å². The summed E-state index contributed by atoms with van der Waals surface area (Å²) < 4.78 is 0. The summed E-state index contributed by atoms with van der Waals surface area (Å²) in [6.07, 6.45) is 2.67. The van der Waals surface area contributed by atoms with E-state index in [2.05, 4.69) is 6.92 Å². The first-order chi connectivity index (χ1) is 5.68. The van der Waals surface area contributed by atoms with Crippen LogP contribution < -0.4 is 5.73 Å². The van der Waals surface area contributed by atoms with Gasteiger partial charge < -0.3 is 10.8 Å². The summed E-state index contributed by atoms with van der Waals surface area (Å²) in [4.78, 5) is 0. The van der Waals surface area contributed by atoms with E-state index in [9.17, 15) is 5.11 Å². The summed E-state index contributed by atoms with van der Waals surface area (Å²) in [5.74, 6) is 2.30. The fourth-order valence-electron chi connectivity index (χ4n) is 1.07. The summed E-state index contributed by atoms with van der Waals surface area (Å²) in [6.45, 7) is 4.53. The summed E-state index contributed by atoms with van der Waals surface area (Å²) in [5.41, 5.74) is 4.87.